The van der Waals surface area contributed by atoms with Gasteiger partial charge >= 0.3 is 6.18 Å². The Bertz CT molecular complexity index is 1150. The molecule has 2 N–H and O–H groups in total. The van der Waals surface area contributed by atoms with Crippen molar-refractivity contribution in [2.45, 2.75) is 62.4 Å². The molecule has 37 heavy (non-hydrogen) atoms. The fourth-order valence-electron chi connectivity index (χ4n) is 5.67. The third-order valence-electron chi connectivity index (χ3n) is 8.15. The van der Waals surface area contributed by atoms with Crippen LogP contribution in [0.2, 0.25) is 5.02 Å². The lowest BCUT2D eigenvalue weighted by Gasteiger charge is -2.43. The number of pyridine rings is 1. The van der Waals surface area contributed by atoms with Gasteiger partial charge in [0.25, 0.3) is 0 Å². The topological polar surface area (TPSA) is 83.9 Å². The molecule has 0 spiro atoms. The first kappa shape index (κ1) is 26.6. The molecule has 3 saturated heterocycles. The van der Waals surface area contributed by atoms with Gasteiger partial charge in [0.2, 0.25) is 5.91 Å². The molecule has 5 rings (SSSR count). The highest BCUT2D eigenvalue weighted by atomic mass is 35.5. The van der Waals surface area contributed by atoms with Gasteiger partial charge in [-0.2, -0.15) is 13.2 Å². The van der Waals surface area contributed by atoms with Crippen molar-refractivity contribution >= 4 is 34.1 Å². The average Bonchev–Trinajstić information content (AvgIpc) is 3.22. The smallest absolute Gasteiger partial charge is 0.389 e. The number of aromatic nitrogens is 1. The number of piperidine rings is 1. The van der Waals surface area contributed by atoms with Gasteiger partial charge in [0, 0.05) is 16.6 Å². The highest BCUT2D eigenvalue weighted by Gasteiger charge is 2.45. The van der Waals surface area contributed by atoms with Crippen molar-refractivity contribution < 1.29 is 32.5 Å². The average molecular weight is 542 g/mol. The molecule has 11 heteroatoms. The van der Waals surface area contributed by atoms with E-state index in [1.807, 2.05) is 19.1 Å². The molecule has 1 aromatic heterocycles. The molecule has 1 aromatic carbocycles. The van der Waals surface area contributed by atoms with Gasteiger partial charge in [-0.25, -0.2) is 4.98 Å². The van der Waals surface area contributed by atoms with Crippen molar-refractivity contribution in [2.24, 2.45) is 5.92 Å². The number of alkyl halides is 3. The van der Waals surface area contributed by atoms with Gasteiger partial charge in [0.05, 0.1) is 37.4 Å². The molecule has 0 radical (unpaired) electrons. The Morgan fingerprint density at radius 3 is 2.54 bits per heavy atom. The number of rotatable bonds is 4. The summed E-state index contributed by atoms with van der Waals surface area (Å²) in [7, 11) is 0. The molecule has 0 saturated carbocycles. The molecular weight excluding hydrogens is 511 g/mol. The summed E-state index contributed by atoms with van der Waals surface area (Å²) in [5.41, 5.74) is 0.665. The summed E-state index contributed by atoms with van der Waals surface area (Å²) in [4.78, 5) is 19.3. The van der Waals surface area contributed by atoms with Crippen molar-refractivity contribution in [3.8, 4) is 0 Å². The number of nitrogens with one attached hydrogen (secondary N) is 1. The predicted molar refractivity (Wildman–Crippen MR) is 133 cm³/mol. The van der Waals surface area contributed by atoms with Gasteiger partial charge < -0.3 is 19.9 Å². The maximum atomic E-state index is 12.8. The van der Waals surface area contributed by atoms with E-state index < -0.39 is 30.2 Å². The van der Waals surface area contributed by atoms with Gasteiger partial charge in [-0.05, 0) is 80.8 Å². The summed E-state index contributed by atoms with van der Waals surface area (Å²) < 4.78 is 48.8. The Morgan fingerprint density at radius 2 is 1.92 bits per heavy atom. The summed E-state index contributed by atoms with van der Waals surface area (Å²) in [5.74, 6) is -0.474. The van der Waals surface area contributed by atoms with Crippen LogP contribution in [0.5, 0.6) is 0 Å². The van der Waals surface area contributed by atoms with Crippen molar-refractivity contribution in [1.29, 1.82) is 0 Å². The summed E-state index contributed by atoms with van der Waals surface area (Å²) in [5, 5.41) is 15.5. The Hall–Kier alpha value is -1.98. The number of halogens is 4. The van der Waals surface area contributed by atoms with Gasteiger partial charge in [-0.15, -0.1) is 0 Å². The number of ether oxygens (including phenoxy) is 2. The van der Waals surface area contributed by atoms with Crippen LogP contribution < -0.4 is 5.32 Å². The first-order chi connectivity index (χ1) is 17.5. The van der Waals surface area contributed by atoms with Crippen LogP contribution >= 0.6 is 11.6 Å². The van der Waals surface area contributed by atoms with Gasteiger partial charge in [0.15, 0.2) is 6.10 Å². The Kier molecular flexibility index (Phi) is 7.41. The SMILES string of the molecule is C[C@@]1(N2CCC(c3cc4cc(NC(=O)[C@@H]5CC[C@H](C(F)(F)F)OC5)ncc4cc3Cl)CC2)COC[C@@H]1O. The molecule has 7 nitrogen and oxygen atoms in total. The maximum Gasteiger partial charge on any atom is 0.414 e. The van der Waals surface area contributed by atoms with Crippen LogP contribution in [0.25, 0.3) is 10.8 Å². The predicted octanol–water partition coefficient (Wildman–Crippen LogP) is 4.51. The number of nitrogens with zero attached hydrogens (tertiary/aromatic N) is 2. The van der Waals surface area contributed by atoms with E-state index in [1.54, 1.807) is 12.3 Å². The fraction of sp³-hybridized carbons (Fsp3) is 0.615. The second-order valence-electron chi connectivity index (χ2n) is 10.6. The minimum Gasteiger partial charge on any atom is -0.389 e. The highest BCUT2D eigenvalue weighted by Crippen LogP contribution is 2.39. The monoisotopic (exact) mass is 541 g/mol. The molecule has 202 valence electrons. The van der Waals surface area contributed by atoms with Crippen LogP contribution in [0.1, 0.15) is 44.1 Å². The van der Waals surface area contributed by atoms with Crippen molar-refractivity contribution in [2.75, 3.05) is 38.2 Å². The zero-order valence-corrected chi connectivity index (χ0v) is 21.3. The standard InChI is InChI=1S/C26H31ClF3N3O4/c1-25(14-36-13-21(25)34)33-6-4-15(5-7-33)19-8-17-10-23(31-11-18(17)9-20(19)27)32-24(35)16-2-3-22(37-12-16)26(28,29)30/h8-11,15-16,21-22,34H,2-7,12-14H2,1H3,(H,31,32,35)/t16-,21+,22-,25-/m1/s1. The zero-order chi connectivity index (χ0) is 26.4. The number of hydrogen-bond donors (Lipinski definition) is 2. The van der Waals surface area contributed by atoms with Gasteiger partial charge in [-0.1, -0.05) is 11.6 Å². The lowest BCUT2D eigenvalue weighted by Crippen LogP contribution is -2.56. The molecular formula is C26H31ClF3N3O4. The molecule has 4 atom stereocenters. The second-order valence-corrected chi connectivity index (χ2v) is 11.0. The van der Waals surface area contributed by atoms with Crippen LogP contribution in [0, 0.1) is 5.92 Å². The fourth-order valence-corrected chi connectivity index (χ4v) is 5.99. The van der Waals surface area contributed by atoms with E-state index in [-0.39, 0.29) is 30.9 Å². The lowest BCUT2D eigenvalue weighted by molar-refractivity contribution is -0.234. The molecule has 0 bridgehead atoms. The number of aliphatic hydroxyl groups excluding tert-OH is 1. The van der Waals surface area contributed by atoms with Crippen LogP contribution in [0.15, 0.2) is 24.4 Å². The Morgan fingerprint density at radius 1 is 1.16 bits per heavy atom. The number of carbonyl (C=O) groups is 1. The number of amides is 1. The van der Waals surface area contributed by atoms with E-state index in [0.29, 0.717) is 24.1 Å². The van der Waals surface area contributed by atoms with E-state index in [2.05, 4.69) is 15.2 Å². The lowest BCUT2D eigenvalue weighted by atomic mass is 9.85. The Balaban J connectivity index is 1.25. The largest absolute Gasteiger partial charge is 0.414 e. The number of benzene rings is 1. The van der Waals surface area contributed by atoms with Crippen LogP contribution in [-0.4, -0.2) is 77.7 Å². The third kappa shape index (κ3) is 5.45. The maximum absolute atomic E-state index is 12.8. The molecule has 0 aliphatic carbocycles. The second kappa shape index (κ2) is 10.3. The molecule has 3 fully saturated rings. The summed E-state index contributed by atoms with van der Waals surface area (Å²) in [6, 6.07) is 5.67. The van der Waals surface area contributed by atoms with Gasteiger partial charge in [0.1, 0.15) is 5.82 Å². The molecule has 1 amide bonds. The minimum atomic E-state index is -4.42. The van der Waals surface area contributed by atoms with E-state index in [1.165, 1.54) is 0 Å². The summed E-state index contributed by atoms with van der Waals surface area (Å²) in [6.07, 6.45) is -3.46. The molecule has 3 aliphatic rings. The molecule has 0 unspecified atom stereocenters. The van der Waals surface area contributed by atoms with Gasteiger partial charge in [-0.3, -0.25) is 9.69 Å². The third-order valence-corrected chi connectivity index (χ3v) is 8.47. The van der Waals surface area contributed by atoms with Crippen molar-refractivity contribution in [3.05, 3.63) is 35.0 Å². The van der Waals surface area contributed by atoms with Crippen LogP contribution in [0.3, 0.4) is 0 Å². The van der Waals surface area contributed by atoms with Crippen LogP contribution in [-0.2, 0) is 14.3 Å². The van der Waals surface area contributed by atoms with Crippen LogP contribution in [0.4, 0.5) is 19.0 Å². The number of aliphatic hydroxyl groups is 1. The normalized spacial score (nSPS) is 30.1. The summed E-state index contributed by atoms with van der Waals surface area (Å²) >= 11 is 6.65. The molecule has 2 aromatic rings. The number of fused-ring (bicyclic) bond motifs is 1. The van der Waals surface area contributed by atoms with Crippen molar-refractivity contribution in [1.82, 2.24) is 9.88 Å². The van der Waals surface area contributed by atoms with Crippen molar-refractivity contribution in [3.63, 3.8) is 0 Å². The number of likely N-dealkylation sites (tertiary alicyclic amines) is 1. The quantitative estimate of drug-likeness (QED) is 0.592. The summed E-state index contributed by atoms with van der Waals surface area (Å²) in [6.45, 7) is 4.31. The Labute approximate surface area is 218 Å². The number of hydrogen-bond acceptors (Lipinski definition) is 6. The minimum absolute atomic E-state index is 0.101. The molecule has 3 aliphatic heterocycles. The van der Waals surface area contributed by atoms with E-state index in [4.69, 9.17) is 21.1 Å². The van der Waals surface area contributed by atoms with E-state index in [9.17, 15) is 23.1 Å². The highest BCUT2D eigenvalue weighted by molar-refractivity contribution is 6.32. The van der Waals surface area contributed by atoms with E-state index in [0.717, 1.165) is 42.3 Å². The number of carbonyl (C=O) groups excluding carboxylic acids is 1. The van der Waals surface area contributed by atoms with E-state index >= 15 is 0 Å². The zero-order valence-electron chi connectivity index (χ0n) is 20.6. The first-order valence-electron chi connectivity index (χ1n) is 12.6. The number of anilines is 1. The first-order valence-corrected chi connectivity index (χ1v) is 13.0. The molecule has 4 heterocycles.